The molecule has 0 aromatic carbocycles. The minimum absolute atomic E-state index is 0.0646. The van der Waals surface area contributed by atoms with E-state index in [1.807, 2.05) is 6.07 Å². The van der Waals surface area contributed by atoms with Gasteiger partial charge in [-0.15, -0.1) is 0 Å². The van der Waals surface area contributed by atoms with Crippen molar-refractivity contribution < 1.29 is 9.59 Å². The van der Waals surface area contributed by atoms with Crippen molar-refractivity contribution in [1.82, 2.24) is 16.0 Å². The first-order chi connectivity index (χ1) is 9.13. The van der Waals surface area contributed by atoms with Crippen LogP contribution in [-0.4, -0.2) is 30.9 Å². The second kappa shape index (κ2) is 8.14. The standard InChI is InChI=1S/C13H20N4O2/c1-10(18)16-7-6-15-9-11(8-14)13(19)17-12-4-2-3-5-12/h9,12,15H,2-7H2,1H3,(H,16,18)(H,17,19)/b11-9-. The topological polar surface area (TPSA) is 94.0 Å². The van der Waals surface area contributed by atoms with Crippen LogP contribution in [0.15, 0.2) is 11.8 Å². The number of hydrogen-bond donors (Lipinski definition) is 3. The molecule has 2 amide bonds. The quantitative estimate of drug-likeness (QED) is 0.362. The van der Waals surface area contributed by atoms with E-state index in [1.54, 1.807) is 0 Å². The van der Waals surface area contributed by atoms with Crippen molar-refractivity contribution in [2.45, 2.75) is 38.6 Å². The molecule has 1 aliphatic rings. The van der Waals surface area contributed by atoms with Gasteiger partial charge in [-0.1, -0.05) is 12.8 Å². The molecule has 0 unspecified atom stereocenters. The molecule has 0 saturated heterocycles. The molecule has 6 heteroatoms. The molecule has 0 spiro atoms. The second-order valence-corrected chi connectivity index (χ2v) is 4.56. The summed E-state index contributed by atoms with van der Waals surface area (Å²) in [6.07, 6.45) is 5.63. The van der Waals surface area contributed by atoms with Crippen LogP contribution in [0.2, 0.25) is 0 Å². The van der Waals surface area contributed by atoms with Gasteiger partial charge in [-0.05, 0) is 12.8 Å². The molecule has 0 radical (unpaired) electrons. The van der Waals surface area contributed by atoms with Crippen LogP contribution >= 0.6 is 0 Å². The Morgan fingerprint density at radius 2 is 2.00 bits per heavy atom. The van der Waals surface area contributed by atoms with Crippen LogP contribution in [0, 0.1) is 11.3 Å². The molecule has 19 heavy (non-hydrogen) atoms. The maximum Gasteiger partial charge on any atom is 0.263 e. The van der Waals surface area contributed by atoms with E-state index < -0.39 is 0 Å². The summed E-state index contributed by atoms with van der Waals surface area (Å²) in [5, 5.41) is 17.2. The van der Waals surface area contributed by atoms with Crippen molar-refractivity contribution in [3.8, 4) is 6.07 Å². The molecule has 0 heterocycles. The number of nitriles is 1. The minimum Gasteiger partial charge on any atom is -0.388 e. The lowest BCUT2D eigenvalue weighted by molar-refractivity contribution is -0.119. The highest BCUT2D eigenvalue weighted by Gasteiger charge is 2.18. The molecule has 0 bridgehead atoms. The van der Waals surface area contributed by atoms with E-state index in [9.17, 15) is 9.59 Å². The van der Waals surface area contributed by atoms with E-state index in [2.05, 4.69) is 16.0 Å². The van der Waals surface area contributed by atoms with Gasteiger partial charge in [0.05, 0.1) is 0 Å². The van der Waals surface area contributed by atoms with E-state index in [0.717, 1.165) is 25.7 Å². The average molecular weight is 264 g/mol. The third kappa shape index (κ3) is 5.91. The fraction of sp³-hybridized carbons (Fsp3) is 0.615. The smallest absolute Gasteiger partial charge is 0.263 e. The number of hydrogen-bond acceptors (Lipinski definition) is 4. The summed E-state index contributed by atoms with van der Waals surface area (Å²) in [6, 6.07) is 2.07. The normalized spacial score (nSPS) is 15.7. The number of rotatable bonds is 6. The maximum atomic E-state index is 11.8. The Labute approximate surface area is 113 Å². The van der Waals surface area contributed by atoms with Gasteiger partial charge < -0.3 is 16.0 Å². The van der Waals surface area contributed by atoms with Crippen molar-refractivity contribution in [2.75, 3.05) is 13.1 Å². The number of amides is 2. The zero-order valence-electron chi connectivity index (χ0n) is 11.2. The van der Waals surface area contributed by atoms with Crippen molar-refractivity contribution >= 4 is 11.8 Å². The first kappa shape index (κ1) is 15.0. The molecule has 104 valence electrons. The lowest BCUT2D eigenvalue weighted by Gasteiger charge is -2.11. The van der Waals surface area contributed by atoms with E-state index in [4.69, 9.17) is 5.26 Å². The molecule has 0 aromatic heterocycles. The summed E-state index contributed by atoms with van der Waals surface area (Å²) < 4.78 is 0. The molecule has 0 aromatic rings. The molecule has 0 atom stereocenters. The second-order valence-electron chi connectivity index (χ2n) is 4.56. The fourth-order valence-corrected chi connectivity index (χ4v) is 1.97. The van der Waals surface area contributed by atoms with Crippen molar-refractivity contribution in [2.24, 2.45) is 0 Å². The molecule has 1 aliphatic carbocycles. The Kier molecular flexibility index (Phi) is 6.44. The number of carbonyl (C=O) groups is 2. The molecular formula is C13H20N4O2. The zero-order chi connectivity index (χ0) is 14.1. The van der Waals surface area contributed by atoms with Gasteiger partial charge in [-0.2, -0.15) is 5.26 Å². The Balaban J connectivity index is 2.32. The number of carbonyl (C=O) groups excluding carboxylic acids is 2. The molecule has 3 N–H and O–H groups in total. The van der Waals surface area contributed by atoms with Gasteiger partial charge in [0.2, 0.25) is 5.91 Å². The third-order valence-corrected chi connectivity index (χ3v) is 2.95. The summed E-state index contributed by atoms with van der Waals surface area (Å²) in [6.45, 7) is 2.36. The predicted octanol–water partition coefficient (Wildman–Crippen LogP) is 0.178. The summed E-state index contributed by atoms with van der Waals surface area (Å²) >= 11 is 0. The predicted molar refractivity (Wildman–Crippen MR) is 70.8 cm³/mol. The van der Waals surface area contributed by atoms with E-state index in [0.29, 0.717) is 13.1 Å². The number of nitrogens with one attached hydrogen (secondary N) is 3. The Bertz CT molecular complexity index is 392. The van der Waals surface area contributed by atoms with Crippen LogP contribution in [-0.2, 0) is 9.59 Å². The van der Waals surface area contributed by atoms with Gasteiger partial charge >= 0.3 is 0 Å². The summed E-state index contributed by atoms with van der Waals surface area (Å²) in [7, 11) is 0. The Morgan fingerprint density at radius 3 is 2.58 bits per heavy atom. The highest BCUT2D eigenvalue weighted by Crippen LogP contribution is 2.17. The van der Waals surface area contributed by atoms with E-state index >= 15 is 0 Å². The lowest BCUT2D eigenvalue weighted by atomic mass is 10.2. The fourth-order valence-electron chi connectivity index (χ4n) is 1.97. The van der Waals surface area contributed by atoms with Gasteiger partial charge in [0.1, 0.15) is 11.6 Å². The molecule has 1 rings (SSSR count). The molecular weight excluding hydrogens is 244 g/mol. The van der Waals surface area contributed by atoms with E-state index in [1.165, 1.54) is 13.1 Å². The van der Waals surface area contributed by atoms with Crippen molar-refractivity contribution in [3.05, 3.63) is 11.8 Å². The highest BCUT2D eigenvalue weighted by molar-refractivity contribution is 5.97. The highest BCUT2D eigenvalue weighted by atomic mass is 16.2. The first-order valence-electron chi connectivity index (χ1n) is 6.52. The van der Waals surface area contributed by atoms with Crippen molar-refractivity contribution in [3.63, 3.8) is 0 Å². The van der Waals surface area contributed by atoms with Gasteiger partial charge in [-0.25, -0.2) is 0 Å². The SMILES string of the molecule is CC(=O)NCCN/C=C(/C#N)C(=O)NC1CCCC1. The minimum atomic E-state index is -0.332. The van der Waals surface area contributed by atoms with Crippen LogP contribution in [0.5, 0.6) is 0 Å². The number of nitrogens with zero attached hydrogens (tertiary/aromatic N) is 1. The van der Waals surface area contributed by atoms with Crippen molar-refractivity contribution in [1.29, 1.82) is 5.26 Å². The Morgan fingerprint density at radius 1 is 1.32 bits per heavy atom. The summed E-state index contributed by atoms with van der Waals surface area (Å²) in [5.74, 6) is -0.438. The van der Waals surface area contributed by atoms with Gasteiger partial charge in [-0.3, -0.25) is 9.59 Å². The van der Waals surface area contributed by atoms with Crippen LogP contribution < -0.4 is 16.0 Å². The maximum absolute atomic E-state index is 11.8. The molecule has 0 aliphatic heterocycles. The monoisotopic (exact) mass is 264 g/mol. The van der Waals surface area contributed by atoms with Gasteiger partial charge in [0.25, 0.3) is 5.91 Å². The largest absolute Gasteiger partial charge is 0.388 e. The van der Waals surface area contributed by atoms with Crippen LogP contribution in [0.3, 0.4) is 0 Å². The molecule has 1 fully saturated rings. The zero-order valence-corrected chi connectivity index (χ0v) is 11.2. The van der Waals surface area contributed by atoms with Crippen LogP contribution in [0.1, 0.15) is 32.6 Å². The summed E-state index contributed by atoms with van der Waals surface area (Å²) in [5.41, 5.74) is 0.0646. The summed E-state index contributed by atoms with van der Waals surface area (Å²) in [4.78, 5) is 22.4. The van der Waals surface area contributed by atoms with Crippen LogP contribution in [0.25, 0.3) is 0 Å². The molecule has 6 nitrogen and oxygen atoms in total. The molecule has 1 saturated carbocycles. The average Bonchev–Trinajstić information content (AvgIpc) is 2.86. The Hall–Kier alpha value is -2.03. The first-order valence-corrected chi connectivity index (χ1v) is 6.52. The van der Waals surface area contributed by atoms with Gasteiger partial charge in [0.15, 0.2) is 0 Å². The van der Waals surface area contributed by atoms with Gasteiger partial charge in [0, 0.05) is 32.3 Å². The third-order valence-electron chi connectivity index (χ3n) is 2.95. The van der Waals surface area contributed by atoms with E-state index in [-0.39, 0.29) is 23.4 Å². The van der Waals surface area contributed by atoms with Crippen LogP contribution in [0.4, 0.5) is 0 Å². The lowest BCUT2D eigenvalue weighted by Crippen LogP contribution is -2.34.